The van der Waals surface area contributed by atoms with Crippen molar-refractivity contribution in [2.45, 2.75) is 25.8 Å². The molecule has 30 heavy (non-hydrogen) atoms. The van der Waals surface area contributed by atoms with Crippen LogP contribution in [0.2, 0.25) is 0 Å². The molecule has 1 saturated heterocycles. The number of aryl methyl sites for hydroxylation is 1. The summed E-state index contributed by atoms with van der Waals surface area (Å²) in [6.07, 6.45) is 6.39. The number of nitrogens with one attached hydrogen (secondary N) is 1. The molecule has 3 N–H and O–H groups in total. The van der Waals surface area contributed by atoms with Gasteiger partial charge in [0, 0.05) is 36.4 Å². The number of hydrogen-bond donors (Lipinski definition) is 2. The zero-order valence-corrected chi connectivity index (χ0v) is 17.1. The van der Waals surface area contributed by atoms with Gasteiger partial charge in [0.15, 0.2) is 0 Å². The quantitative estimate of drug-likeness (QED) is 0.621. The molecule has 1 aliphatic rings. The van der Waals surface area contributed by atoms with E-state index < -0.39 is 0 Å². The average Bonchev–Trinajstić information content (AvgIpc) is 3.21. The number of fused-ring (bicyclic) bond motifs is 1. The van der Waals surface area contributed by atoms with Gasteiger partial charge in [-0.05, 0) is 56.6 Å². The van der Waals surface area contributed by atoms with Crippen LogP contribution in [-0.4, -0.2) is 52.1 Å². The number of H-pyrrole nitrogens is 1. The number of nitrogens with two attached hydrogens (primary N) is 1. The van der Waals surface area contributed by atoms with E-state index in [1.54, 1.807) is 13.3 Å². The maximum atomic E-state index is 12.7. The van der Waals surface area contributed by atoms with Crippen LogP contribution in [0, 0.1) is 5.92 Å². The SMILES string of the molecule is COc1ccc2[nH]c(=O)c(-c3nccn3CCCN3CCCC(C(N)=O)C3)cc2c1. The highest BCUT2D eigenvalue weighted by Crippen LogP contribution is 2.23. The summed E-state index contributed by atoms with van der Waals surface area (Å²) >= 11 is 0. The summed E-state index contributed by atoms with van der Waals surface area (Å²) in [6.45, 7) is 3.35. The summed E-state index contributed by atoms with van der Waals surface area (Å²) in [5, 5.41) is 0.893. The molecule has 158 valence electrons. The lowest BCUT2D eigenvalue weighted by atomic mass is 9.97. The summed E-state index contributed by atoms with van der Waals surface area (Å²) in [5.74, 6) is 1.13. The van der Waals surface area contributed by atoms with Crippen LogP contribution in [0.25, 0.3) is 22.3 Å². The monoisotopic (exact) mass is 409 g/mol. The second-order valence-electron chi connectivity index (χ2n) is 7.81. The van der Waals surface area contributed by atoms with E-state index >= 15 is 0 Å². The molecule has 0 spiro atoms. The molecule has 1 unspecified atom stereocenters. The Kier molecular flexibility index (Phi) is 5.85. The van der Waals surface area contributed by atoms with Crippen molar-refractivity contribution < 1.29 is 9.53 Å². The molecule has 0 saturated carbocycles. The van der Waals surface area contributed by atoms with Crippen molar-refractivity contribution in [2.75, 3.05) is 26.7 Å². The third-order valence-corrected chi connectivity index (χ3v) is 5.79. The van der Waals surface area contributed by atoms with Crippen LogP contribution in [0.5, 0.6) is 5.75 Å². The first-order valence-electron chi connectivity index (χ1n) is 10.3. The number of primary amides is 1. The number of benzene rings is 1. The molecular weight excluding hydrogens is 382 g/mol. The average molecular weight is 409 g/mol. The number of ether oxygens (including phenoxy) is 1. The predicted molar refractivity (Wildman–Crippen MR) is 115 cm³/mol. The zero-order chi connectivity index (χ0) is 21.1. The molecule has 1 amide bonds. The van der Waals surface area contributed by atoms with Gasteiger partial charge in [-0.15, -0.1) is 0 Å². The van der Waals surface area contributed by atoms with E-state index in [9.17, 15) is 9.59 Å². The molecule has 1 aromatic carbocycles. The molecule has 1 atom stereocenters. The van der Waals surface area contributed by atoms with Crippen LogP contribution < -0.4 is 16.0 Å². The molecular formula is C22H27N5O3. The fraction of sp³-hybridized carbons (Fsp3) is 0.409. The van der Waals surface area contributed by atoms with Crippen molar-refractivity contribution in [1.29, 1.82) is 0 Å². The van der Waals surface area contributed by atoms with Crippen molar-refractivity contribution in [1.82, 2.24) is 19.4 Å². The van der Waals surface area contributed by atoms with Crippen molar-refractivity contribution >= 4 is 16.8 Å². The molecule has 1 aliphatic heterocycles. The smallest absolute Gasteiger partial charge is 0.259 e. The minimum absolute atomic E-state index is 0.0456. The van der Waals surface area contributed by atoms with Crippen molar-refractivity contribution in [3.05, 3.63) is 47.0 Å². The van der Waals surface area contributed by atoms with Gasteiger partial charge in [-0.25, -0.2) is 4.98 Å². The minimum Gasteiger partial charge on any atom is -0.497 e. The molecule has 3 aromatic rings. The molecule has 0 radical (unpaired) electrons. The molecule has 0 bridgehead atoms. The fourth-order valence-corrected chi connectivity index (χ4v) is 4.17. The Balaban J connectivity index is 1.49. The van der Waals surface area contributed by atoms with E-state index in [1.165, 1.54) is 0 Å². The van der Waals surface area contributed by atoms with Gasteiger partial charge in [0.25, 0.3) is 5.56 Å². The second-order valence-corrected chi connectivity index (χ2v) is 7.81. The van der Waals surface area contributed by atoms with E-state index in [4.69, 9.17) is 10.5 Å². The number of carbonyl (C=O) groups is 1. The number of likely N-dealkylation sites (tertiary alicyclic amines) is 1. The Morgan fingerprint density at radius 3 is 3.00 bits per heavy atom. The summed E-state index contributed by atoms with van der Waals surface area (Å²) < 4.78 is 7.30. The topological polar surface area (TPSA) is 106 Å². The Labute approximate surface area is 174 Å². The number of aromatic amines is 1. The van der Waals surface area contributed by atoms with Gasteiger partial charge in [-0.2, -0.15) is 0 Å². The first kappa shape index (κ1) is 20.2. The Hall–Kier alpha value is -3.13. The fourth-order valence-electron chi connectivity index (χ4n) is 4.17. The summed E-state index contributed by atoms with van der Waals surface area (Å²) in [4.78, 5) is 33.8. The van der Waals surface area contributed by atoms with E-state index in [-0.39, 0.29) is 17.4 Å². The van der Waals surface area contributed by atoms with Crippen LogP contribution in [0.4, 0.5) is 0 Å². The number of amides is 1. The van der Waals surface area contributed by atoms with Gasteiger partial charge in [0.05, 0.1) is 18.6 Å². The maximum Gasteiger partial charge on any atom is 0.259 e. The number of imidazole rings is 1. The van der Waals surface area contributed by atoms with Crippen LogP contribution >= 0.6 is 0 Å². The molecule has 3 heterocycles. The Bertz CT molecular complexity index is 1100. The highest BCUT2D eigenvalue weighted by molar-refractivity contribution is 5.83. The summed E-state index contributed by atoms with van der Waals surface area (Å²) in [5.41, 5.74) is 6.60. The molecule has 0 aliphatic carbocycles. The van der Waals surface area contributed by atoms with Crippen LogP contribution in [0.15, 0.2) is 41.5 Å². The molecule has 2 aromatic heterocycles. The standard InChI is InChI=1S/C22H27N5O3/c1-30-17-5-6-19-16(12-17)13-18(22(29)25-19)21-24-7-11-27(21)10-3-9-26-8-2-4-15(14-26)20(23)28/h5-7,11-13,15H,2-4,8-10,14H2,1H3,(H2,23,28)(H,25,29). The van der Waals surface area contributed by atoms with Gasteiger partial charge in [0.1, 0.15) is 11.6 Å². The number of aromatic nitrogens is 3. The largest absolute Gasteiger partial charge is 0.497 e. The Morgan fingerprint density at radius 1 is 1.33 bits per heavy atom. The van der Waals surface area contributed by atoms with Gasteiger partial charge < -0.3 is 24.9 Å². The van der Waals surface area contributed by atoms with Crippen molar-refractivity contribution in [3.8, 4) is 17.1 Å². The maximum absolute atomic E-state index is 12.7. The minimum atomic E-state index is -0.205. The third kappa shape index (κ3) is 4.23. The van der Waals surface area contributed by atoms with Crippen molar-refractivity contribution in [2.24, 2.45) is 11.7 Å². The number of piperidine rings is 1. The number of methoxy groups -OCH3 is 1. The van der Waals surface area contributed by atoms with Gasteiger partial charge in [-0.3, -0.25) is 9.59 Å². The van der Waals surface area contributed by atoms with E-state index in [0.29, 0.717) is 11.4 Å². The van der Waals surface area contributed by atoms with Gasteiger partial charge >= 0.3 is 0 Å². The highest BCUT2D eigenvalue weighted by Gasteiger charge is 2.23. The normalized spacial score (nSPS) is 17.3. The number of nitrogens with zero attached hydrogens (tertiary/aromatic N) is 3. The summed E-state index contributed by atoms with van der Waals surface area (Å²) in [7, 11) is 1.62. The first-order valence-corrected chi connectivity index (χ1v) is 10.3. The number of carbonyl (C=O) groups excluding carboxylic acids is 1. The Morgan fingerprint density at radius 2 is 2.20 bits per heavy atom. The zero-order valence-electron chi connectivity index (χ0n) is 17.1. The molecule has 1 fully saturated rings. The molecule has 8 nitrogen and oxygen atoms in total. The van der Waals surface area contributed by atoms with Crippen LogP contribution in [0.1, 0.15) is 19.3 Å². The van der Waals surface area contributed by atoms with E-state index in [0.717, 1.165) is 62.1 Å². The lowest BCUT2D eigenvalue weighted by molar-refractivity contribution is -0.123. The highest BCUT2D eigenvalue weighted by atomic mass is 16.5. The van der Waals surface area contributed by atoms with E-state index in [1.807, 2.05) is 35.0 Å². The predicted octanol–water partition coefficient (Wildman–Crippen LogP) is 1.99. The van der Waals surface area contributed by atoms with Crippen LogP contribution in [-0.2, 0) is 11.3 Å². The lowest BCUT2D eigenvalue weighted by Crippen LogP contribution is -2.41. The number of hydrogen-bond acceptors (Lipinski definition) is 5. The first-order chi connectivity index (χ1) is 14.5. The molecule has 8 heteroatoms. The third-order valence-electron chi connectivity index (χ3n) is 5.79. The van der Waals surface area contributed by atoms with Crippen LogP contribution in [0.3, 0.4) is 0 Å². The summed E-state index contributed by atoms with van der Waals surface area (Å²) in [6, 6.07) is 7.41. The van der Waals surface area contributed by atoms with Crippen molar-refractivity contribution in [3.63, 3.8) is 0 Å². The number of pyridine rings is 1. The second kappa shape index (κ2) is 8.71. The van der Waals surface area contributed by atoms with E-state index in [2.05, 4.69) is 14.9 Å². The number of rotatable bonds is 7. The van der Waals surface area contributed by atoms with Gasteiger partial charge in [-0.1, -0.05) is 0 Å². The lowest BCUT2D eigenvalue weighted by Gasteiger charge is -2.31. The molecule has 4 rings (SSSR count). The van der Waals surface area contributed by atoms with Gasteiger partial charge in [0.2, 0.25) is 5.91 Å².